The fraction of sp³-hybridized carbons (Fsp3) is 0.641. The van der Waals surface area contributed by atoms with E-state index in [-0.39, 0.29) is 63.3 Å². The fourth-order valence-electron chi connectivity index (χ4n) is 11.1. The Labute approximate surface area is 533 Å². The molecule has 26 heteroatoms. The van der Waals surface area contributed by atoms with Crippen LogP contribution in [0.5, 0.6) is 0 Å². The van der Waals surface area contributed by atoms with Crippen molar-refractivity contribution in [3.05, 3.63) is 70.2 Å². The van der Waals surface area contributed by atoms with Crippen LogP contribution in [0.3, 0.4) is 0 Å². The quantitative estimate of drug-likeness (QED) is 0.240. The van der Waals surface area contributed by atoms with Gasteiger partial charge in [0.05, 0.1) is 25.2 Å². The monoisotopic (exact) mass is 1290 g/mol. The molecule has 0 saturated carbocycles. The molecule has 2 saturated heterocycles. The van der Waals surface area contributed by atoms with Gasteiger partial charge >= 0.3 is 6.18 Å². The third-order valence-corrected chi connectivity index (χ3v) is 17.0. The first-order valence-electron chi connectivity index (χ1n) is 30.8. The zero-order valence-corrected chi connectivity index (χ0v) is 55.7. The Morgan fingerprint density at radius 1 is 0.611 bits per heavy atom. The number of alkyl halides is 3. The van der Waals surface area contributed by atoms with Crippen molar-refractivity contribution in [2.45, 2.75) is 181 Å². The normalized spacial score (nSPS) is 24.4. The minimum Gasteiger partial charge on any atom is -0.351 e. The number of nitrogens with zero attached hydrogens (tertiary/aromatic N) is 7. The maximum atomic E-state index is 14.9. The molecule has 11 amide bonds. The van der Waals surface area contributed by atoms with Crippen LogP contribution in [0, 0.1) is 17.8 Å². The molecule has 0 bridgehead atoms. The van der Waals surface area contributed by atoms with Crippen molar-refractivity contribution in [2.24, 2.45) is 17.8 Å². The van der Waals surface area contributed by atoms with Crippen LogP contribution in [0.4, 0.5) is 13.2 Å². The molecule has 2 aromatic rings. The fourth-order valence-corrected chi connectivity index (χ4v) is 11.2. The largest absolute Gasteiger partial charge is 0.416 e. The third-order valence-electron chi connectivity index (χ3n) is 16.8. The molecular formula is C64H95ClF3N11O11. The number of hydrogen-bond donors (Lipinski definition) is 4. The van der Waals surface area contributed by atoms with E-state index in [4.69, 9.17) is 11.6 Å². The lowest BCUT2D eigenvalue weighted by Crippen LogP contribution is -2.63. The second kappa shape index (κ2) is 33.1. The van der Waals surface area contributed by atoms with E-state index in [1.54, 1.807) is 52.0 Å². The summed E-state index contributed by atoms with van der Waals surface area (Å²) in [4.78, 5) is 167. The number of aryl methyl sites for hydroxylation is 1. The molecule has 0 unspecified atom stereocenters. The summed E-state index contributed by atoms with van der Waals surface area (Å²) < 4.78 is 40.8. The Morgan fingerprint density at radius 3 is 1.73 bits per heavy atom. The third kappa shape index (κ3) is 21.1. The molecule has 4 rings (SSSR count). The average Bonchev–Trinajstić information content (AvgIpc) is 1.37. The van der Waals surface area contributed by atoms with E-state index < -0.39 is 150 Å². The Morgan fingerprint density at radius 2 is 1.17 bits per heavy atom. The lowest BCUT2D eigenvalue weighted by atomic mass is 9.95. The van der Waals surface area contributed by atoms with Gasteiger partial charge in [-0.3, -0.25) is 52.7 Å². The van der Waals surface area contributed by atoms with E-state index in [0.29, 0.717) is 35.4 Å². The van der Waals surface area contributed by atoms with Gasteiger partial charge in [0.2, 0.25) is 65.0 Å². The maximum absolute atomic E-state index is 14.9. The van der Waals surface area contributed by atoms with Gasteiger partial charge in [0.25, 0.3) is 0 Å². The molecule has 2 fully saturated rings. The van der Waals surface area contributed by atoms with Gasteiger partial charge in [0, 0.05) is 72.7 Å². The molecule has 0 aliphatic carbocycles. The molecule has 90 heavy (non-hydrogen) atoms. The minimum atomic E-state index is -4.63. The highest BCUT2D eigenvalue weighted by atomic mass is 35.5. The molecule has 500 valence electrons. The summed E-state index contributed by atoms with van der Waals surface area (Å²) in [6.07, 6.45) is -3.06. The number of rotatable bonds is 11. The van der Waals surface area contributed by atoms with Crippen LogP contribution in [0.2, 0.25) is 5.02 Å². The topological polar surface area (TPSA) is 259 Å². The van der Waals surface area contributed by atoms with Crippen molar-refractivity contribution >= 4 is 76.6 Å². The Bertz CT molecular complexity index is 2880. The Hall–Kier alpha value is -7.31. The van der Waals surface area contributed by atoms with E-state index in [9.17, 15) is 65.9 Å². The number of fused-ring (bicyclic) bond motifs is 1. The first-order chi connectivity index (χ1) is 41.9. The van der Waals surface area contributed by atoms with Gasteiger partial charge < -0.3 is 55.6 Å². The van der Waals surface area contributed by atoms with Crippen LogP contribution >= 0.6 is 11.6 Å². The molecule has 0 aromatic heterocycles. The van der Waals surface area contributed by atoms with E-state index in [1.165, 1.54) is 78.1 Å². The van der Waals surface area contributed by atoms with E-state index in [2.05, 4.69) is 21.3 Å². The van der Waals surface area contributed by atoms with Gasteiger partial charge in [0.15, 0.2) is 0 Å². The van der Waals surface area contributed by atoms with Crippen molar-refractivity contribution in [3.8, 4) is 0 Å². The smallest absolute Gasteiger partial charge is 0.351 e. The summed E-state index contributed by atoms with van der Waals surface area (Å²) in [7, 11) is 8.15. The van der Waals surface area contributed by atoms with Gasteiger partial charge in [-0.05, 0) is 119 Å². The second-order valence-corrected chi connectivity index (χ2v) is 26.1. The summed E-state index contributed by atoms with van der Waals surface area (Å²) in [5.74, 6) is -8.23. The van der Waals surface area contributed by atoms with Crippen LogP contribution in [-0.4, -0.2) is 216 Å². The number of amides is 11. The lowest BCUT2D eigenvalue weighted by molar-refractivity contribution is -0.149. The molecule has 4 N–H and O–H groups in total. The summed E-state index contributed by atoms with van der Waals surface area (Å²) >= 11 is 6.20. The van der Waals surface area contributed by atoms with Crippen molar-refractivity contribution in [3.63, 3.8) is 0 Å². The summed E-state index contributed by atoms with van der Waals surface area (Å²) in [6, 6.07) is 2.67. The number of nitrogens with one attached hydrogen (secondary N) is 4. The molecule has 8 atom stereocenters. The SMILES string of the molecule is CC[C@H](C)[C@@H]1NC(=O)[C@@H]2CCCCN2C(=O)C[C@@H](C)NC(=O)[C@H](CC(C)C)N(C)C(=O)C(C)(C)NC(=O)[C@H](CC(C)C)N(C)C(=O)[C@H](CCc2ccc(C(F)(F)F)cc2)NC(=O)CN(C)C(=O)[C@H](Cc2ccc(Cl)cc2)N(C)C(=O)CN(C)C(=O)CN(C)C1=O. The van der Waals surface area contributed by atoms with Crippen molar-refractivity contribution < 1.29 is 65.9 Å². The molecule has 2 aromatic carbocycles. The van der Waals surface area contributed by atoms with Gasteiger partial charge in [-0.25, -0.2) is 0 Å². The van der Waals surface area contributed by atoms with Crippen molar-refractivity contribution in [1.82, 2.24) is 55.6 Å². The zero-order chi connectivity index (χ0) is 67.9. The van der Waals surface area contributed by atoms with Gasteiger partial charge in [0.1, 0.15) is 41.8 Å². The van der Waals surface area contributed by atoms with Gasteiger partial charge in [-0.2, -0.15) is 13.2 Å². The highest BCUT2D eigenvalue weighted by molar-refractivity contribution is 6.30. The number of carbonyl (C=O) groups excluding carboxylic acids is 11. The van der Waals surface area contributed by atoms with E-state index in [0.717, 1.165) is 36.6 Å². The average molecular weight is 1290 g/mol. The molecule has 2 aliphatic heterocycles. The number of hydrogen-bond acceptors (Lipinski definition) is 11. The molecular weight excluding hydrogens is 1190 g/mol. The standard InChI is InChI=1S/C64H95ClF3N11O11/c1-16-40(6)55-61(89)75(12)36-53(82)73(10)37-54(83)76(13)50(34-43-22-27-45(65)28-23-43)60(88)74(11)35-51(80)70-46(29-24-42-20-25-44(26-21-42)64(66,67)68)59(87)77(14)49(32-39(4)5)58(86)72-63(8,9)62(90)78(15)48(31-38(2)3)57(85)69-41(7)33-52(81)79-30-18-17-19-47(79)56(84)71-55/h20-23,25-28,38-41,46-50,55H,16-19,24,29-37H2,1-15H3,(H,69,85)(H,70,80)(H,71,84)(H,72,86)/t40-,41+,46-,47-,48-,49-,50-,55-/m0/s1. The second-order valence-electron chi connectivity index (χ2n) is 25.7. The number of carbonyl (C=O) groups is 11. The summed E-state index contributed by atoms with van der Waals surface area (Å²) in [5, 5.41) is 11.6. The van der Waals surface area contributed by atoms with Crippen LogP contribution < -0.4 is 21.3 Å². The van der Waals surface area contributed by atoms with Crippen LogP contribution in [-0.2, 0) is 71.8 Å². The highest BCUT2D eigenvalue weighted by Gasteiger charge is 2.43. The molecule has 22 nitrogen and oxygen atoms in total. The highest BCUT2D eigenvalue weighted by Crippen LogP contribution is 2.30. The Balaban J connectivity index is 1.81. The van der Waals surface area contributed by atoms with Crippen LogP contribution in [0.25, 0.3) is 0 Å². The predicted octanol–water partition coefficient (Wildman–Crippen LogP) is 4.68. The molecule has 0 spiro atoms. The van der Waals surface area contributed by atoms with Gasteiger partial charge in [-0.15, -0.1) is 0 Å². The molecule has 2 aliphatic rings. The molecule has 2 heterocycles. The number of likely N-dealkylation sites (N-methyl/N-ethyl adjacent to an activating group) is 6. The van der Waals surface area contributed by atoms with Crippen molar-refractivity contribution in [2.75, 3.05) is 68.5 Å². The van der Waals surface area contributed by atoms with E-state index >= 15 is 0 Å². The van der Waals surface area contributed by atoms with Crippen LogP contribution in [0.1, 0.15) is 130 Å². The Kier molecular flexibility index (Phi) is 27.7. The van der Waals surface area contributed by atoms with Crippen molar-refractivity contribution in [1.29, 1.82) is 0 Å². The first kappa shape index (κ1) is 75.2. The number of benzene rings is 2. The minimum absolute atomic E-state index is 0.0398. The van der Waals surface area contributed by atoms with E-state index in [1.807, 2.05) is 20.8 Å². The van der Waals surface area contributed by atoms with Crippen LogP contribution in [0.15, 0.2) is 48.5 Å². The zero-order valence-electron chi connectivity index (χ0n) is 54.9. The van der Waals surface area contributed by atoms with Gasteiger partial charge in [-0.1, -0.05) is 83.8 Å². The maximum Gasteiger partial charge on any atom is 0.416 e. The number of halogens is 4. The molecule has 0 radical (unpaired) electrons. The number of piperidine rings is 1. The summed E-state index contributed by atoms with van der Waals surface area (Å²) in [6.45, 7) is 13.9. The lowest BCUT2D eigenvalue weighted by Gasteiger charge is -2.38. The first-order valence-corrected chi connectivity index (χ1v) is 31.2. The summed E-state index contributed by atoms with van der Waals surface area (Å²) in [5.41, 5.74) is -1.68. The predicted molar refractivity (Wildman–Crippen MR) is 334 cm³/mol.